The molecule has 1 unspecified atom stereocenters. The first-order chi connectivity index (χ1) is 4.72. The van der Waals surface area contributed by atoms with E-state index < -0.39 is 0 Å². The molecule has 2 nitrogen and oxygen atoms in total. The van der Waals surface area contributed by atoms with E-state index in [1.54, 1.807) is 0 Å². The normalized spacial score (nSPS) is 12.1. The van der Waals surface area contributed by atoms with Crippen LogP contribution in [-0.2, 0) is 4.79 Å². The monoisotopic (exact) mass is 139 g/mol. The SMILES string of the molecule is C#CC(CCCN)C(C)=O. The summed E-state index contributed by atoms with van der Waals surface area (Å²) in [7, 11) is 0. The van der Waals surface area contributed by atoms with Crippen molar-refractivity contribution in [1.82, 2.24) is 0 Å². The average molecular weight is 139 g/mol. The van der Waals surface area contributed by atoms with Gasteiger partial charge in [-0.3, -0.25) is 4.79 Å². The summed E-state index contributed by atoms with van der Waals surface area (Å²) in [5.74, 6) is 2.28. The fraction of sp³-hybridized carbons (Fsp3) is 0.625. The minimum absolute atomic E-state index is 0.0657. The van der Waals surface area contributed by atoms with Crippen molar-refractivity contribution >= 4 is 5.78 Å². The van der Waals surface area contributed by atoms with Gasteiger partial charge in [0.2, 0.25) is 0 Å². The van der Waals surface area contributed by atoms with Crippen LogP contribution in [0.3, 0.4) is 0 Å². The lowest BCUT2D eigenvalue weighted by Crippen LogP contribution is -2.10. The fourth-order valence-corrected chi connectivity index (χ4v) is 0.726. The van der Waals surface area contributed by atoms with Crippen LogP contribution in [0, 0.1) is 18.3 Å². The molecule has 0 aromatic heterocycles. The van der Waals surface area contributed by atoms with E-state index in [-0.39, 0.29) is 11.7 Å². The first kappa shape index (κ1) is 9.19. The van der Waals surface area contributed by atoms with E-state index in [0.717, 1.165) is 12.8 Å². The van der Waals surface area contributed by atoms with Crippen LogP contribution in [0.25, 0.3) is 0 Å². The summed E-state index contributed by atoms with van der Waals surface area (Å²) in [5, 5.41) is 0. The minimum Gasteiger partial charge on any atom is -0.330 e. The molecule has 0 aliphatic heterocycles. The Bertz CT molecular complexity index is 146. The third kappa shape index (κ3) is 3.26. The Hall–Kier alpha value is -0.810. The zero-order valence-corrected chi connectivity index (χ0v) is 6.26. The third-order valence-electron chi connectivity index (χ3n) is 1.39. The summed E-state index contributed by atoms with van der Waals surface area (Å²) in [5.41, 5.74) is 5.25. The van der Waals surface area contributed by atoms with Gasteiger partial charge >= 0.3 is 0 Å². The van der Waals surface area contributed by atoms with Gasteiger partial charge in [0.05, 0.1) is 5.92 Å². The second-order valence-electron chi connectivity index (χ2n) is 2.26. The van der Waals surface area contributed by atoms with Crippen molar-refractivity contribution in [2.45, 2.75) is 19.8 Å². The maximum absolute atomic E-state index is 10.7. The molecule has 0 aromatic rings. The fourth-order valence-electron chi connectivity index (χ4n) is 0.726. The lowest BCUT2D eigenvalue weighted by Gasteiger charge is -2.03. The Kier molecular flexibility index (Phi) is 4.61. The molecule has 0 aliphatic rings. The Labute approximate surface area is 61.8 Å². The Morgan fingerprint density at radius 3 is 2.70 bits per heavy atom. The van der Waals surface area contributed by atoms with Gasteiger partial charge in [-0.25, -0.2) is 0 Å². The molecule has 0 amide bonds. The first-order valence-electron chi connectivity index (χ1n) is 3.39. The molecule has 0 spiro atoms. The van der Waals surface area contributed by atoms with Gasteiger partial charge in [0, 0.05) is 0 Å². The number of nitrogens with two attached hydrogens (primary N) is 1. The number of Topliss-reactive ketones (excluding diaryl/α,β-unsaturated/α-hetero) is 1. The smallest absolute Gasteiger partial charge is 0.144 e. The molecule has 2 N–H and O–H groups in total. The largest absolute Gasteiger partial charge is 0.330 e. The summed E-state index contributed by atoms with van der Waals surface area (Å²) >= 11 is 0. The van der Waals surface area contributed by atoms with E-state index in [9.17, 15) is 4.79 Å². The molecule has 0 aliphatic carbocycles. The van der Waals surface area contributed by atoms with Crippen molar-refractivity contribution in [3.05, 3.63) is 0 Å². The van der Waals surface area contributed by atoms with Crippen LogP contribution < -0.4 is 5.73 Å². The van der Waals surface area contributed by atoms with Gasteiger partial charge in [-0.15, -0.1) is 6.42 Å². The van der Waals surface area contributed by atoms with Crippen molar-refractivity contribution < 1.29 is 4.79 Å². The first-order valence-corrected chi connectivity index (χ1v) is 3.39. The second kappa shape index (κ2) is 5.01. The molecule has 0 heterocycles. The summed E-state index contributed by atoms with van der Waals surface area (Å²) in [6, 6.07) is 0. The summed E-state index contributed by atoms with van der Waals surface area (Å²) < 4.78 is 0. The van der Waals surface area contributed by atoms with Crippen molar-refractivity contribution in [3.63, 3.8) is 0 Å². The molecule has 0 aromatic carbocycles. The van der Waals surface area contributed by atoms with E-state index in [1.165, 1.54) is 6.92 Å². The average Bonchev–Trinajstić information content (AvgIpc) is 1.89. The molecular weight excluding hydrogens is 126 g/mol. The minimum atomic E-state index is -0.219. The predicted molar refractivity (Wildman–Crippen MR) is 41.3 cm³/mol. The van der Waals surface area contributed by atoms with Crippen molar-refractivity contribution in [2.24, 2.45) is 11.7 Å². The highest BCUT2D eigenvalue weighted by Gasteiger charge is 2.08. The lowest BCUT2D eigenvalue weighted by molar-refractivity contribution is -0.119. The molecule has 0 radical (unpaired) electrons. The molecule has 10 heavy (non-hydrogen) atoms. The molecule has 56 valence electrons. The Morgan fingerprint density at radius 1 is 1.80 bits per heavy atom. The van der Waals surface area contributed by atoms with Gasteiger partial charge in [0.1, 0.15) is 5.78 Å². The number of carbonyl (C=O) groups is 1. The van der Waals surface area contributed by atoms with E-state index in [1.807, 2.05) is 0 Å². The molecule has 2 heteroatoms. The van der Waals surface area contributed by atoms with Crippen molar-refractivity contribution in [3.8, 4) is 12.3 Å². The highest BCUT2D eigenvalue weighted by atomic mass is 16.1. The van der Waals surface area contributed by atoms with Gasteiger partial charge in [-0.05, 0) is 26.3 Å². The number of carbonyl (C=O) groups excluding carboxylic acids is 1. The molecule has 0 fully saturated rings. The zero-order valence-electron chi connectivity index (χ0n) is 6.26. The second-order valence-corrected chi connectivity index (χ2v) is 2.26. The molecular formula is C8H13NO. The van der Waals surface area contributed by atoms with Crippen LogP contribution in [0.4, 0.5) is 0 Å². The van der Waals surface area contributed by atoms with Crippen molar-refractivity contribution in [1.29, 1.82) is 0 Å². The van der Waals surface area contributed by atoms with Crippen LogP contribution in [0.5, 0.6) is 0 Å². The van der Waals surface area contributed by atoms with E-state index >= 15 is 0 Å². The lowest BCUT2D eigenvalue weighted by atomic mass is 10.0. The number of hydrogen-bond acceptors (Lipinski definition) is 2. The van der Waals surface area contributed by atoms with Gasteiger partial charge in [0.15, 0.2) is 0 Å². The van der Waals surface area contributed by atoms with Gasteiger partial charge in [-0.2, -0.15) is 0 Å². The maximum atomic E-state index is 10.7. The van der Waals surface area contributed by atoms with Gasteiger partial charge in [0.25, 0.3) is 0 Å². The number of terminal acetylenes is 1. The number of hydrogen-bond donors (Lipinski definition) is 1. The topological polar surface area (TPSA) is 43.1 Å². The number of rotatable bonds is 4. The summed E-state index contributed by atoms with van der Waals surface area (Å²) in [6.07, 6.45) is 6.66. The highest BCUT2D eigenvalue weighted by Crippen LogP contribution is 2.04. The van der Waals surface area contributed by atoms with Gasteiger partial charge < -0.3 is 5.73 Å². The van der Waals surface area contributed by atoms with Crippen LogP contribution >= 0.6 is 0 Å². The third-order valence-corrected chi connectivity index (χ3v) is 1.39. The maximum Gasteiger partial charge on any atom is 0.144 e. The molecule has 0 saturated heterocycles. The predicted octanol–water partition coefficient (Wildman–Crippen LogP) is 0.564. The molecule has 0 saturated carbocycles. The van der Waals surface area contributed by atoms with Crippen molar-refractivity contribution in [2.75, 3.05) is 6.54 Å². The molecule has 0 bridgehead atoms. The van der Waals surface area contributed by atoms with E-state index in [4.69, 9.17) is 12.2 Å². The van der Waals surface area contributed by atoms with E-state index in [2.05, 4.69) is 5.92 Å². The molecule has 1 atom stereocenters. The standard InChI is InChI=1S/C8H13NO/c1-3-8(7(2)10)5-4-6-9/h1,8H,4-6,9H2,2H3. The van der Waals surface area contributed by atoms with Crippen LogP contribution in [0.15, 0.2) is 0 Å². The van der Waals surface area contributed by atoms with Crippen LogP contribution in [0.1, 0.15) is 19.8 Å². The Balaban J connectivity index is 3.64. The summed E-state index contributed by atoms with van der Waals surface area (Å²) in [4.78, 5) is 10.7. The van der Waals surface area contributed by atoms with Crippen LogP contribution in [0.2, 0.25) is 0 Å². The summed E-state index contributed by atoms with van der Waals surface area (Å²) in [6.45, 7) is 2.12. The van der Waals surface area contributed by atoms with E-state index in [0.29, 0.717) is 6.54 Å². The Morgan fingerprint density at radius 2 is 2.40 bits per heavy atom. The zero-order chi connectivity index (χ0) is 7.98. The quantitative estimate of drug-likeness (QED) is 0.578. The number of ketones is 1. The van der Waals surface area contributed by atoms with Gasteiger partial charge in [-0.1, -0.05) is 5.92 Å². The highest BCUT2D eigenvalue weighted by molar-refractivity contribution is 5.80. The van der Waals surface area contributed by atoms with Crippen LogP contribution in [-0.4, -0.2) is 12.3 Å². The molecule has 0 rings (SSSR count).